The zero-order valence-corrected chi connectivity index (χ0v) is 10.4. The second-order valence-corrected chi connectivity index (χ2v) is 4.61. The molecule has 0 N–H and O–H groups in total. The van der Waals surface area contributed by atoms with E-state index in [1.54, 1.807) is 0 Å². The van der Waals surface area contributed by atoms with E-state index in [1.165, 1.54) is 26.8 Å². The Morgan fingerprint density at radius 2 is 1.31 bits per heavy atom. The number of benzene rings is 2. The van der Waals surface area contributed by atoms with Crippen LogP contribution >= 0.6 is 22.5 Å². The zero-order chi connectivity index (χ0) is 11.2. The second-order valence-electron chi connectivity index (χ2n) is 3.40. The van der Waals surface area contributed by atoms with Crippen LogP contribution in [0, 0.1) is 0 Å². The standard InChI is InChI=1S/C14H12S2/c15-16-14-10-8-13(9-11-14)7-6-12-4-2-1-3-5-12/h1-11,15H. The molecule has 0 bridgehead atoms. The molecule has 2 heteroatoms. The molecule has 2 aromatic carbocycles. The molecule has 0 atom stereocenters. The highest BCUT2D eigenvalue weighted by Crippen LogP contribution is 2.21. The van der Waals surface area contributed by atoms with Crippen molar-refractivity contribution in [3.05, 3.63) is 65.7 Å². The molecular formula is C14H12S2. The van der Waals surface area contributed by atoms with Gasteiger partial charge in [-0.1, -0.05) is 65.4 Å². The smallest absolute Gasteiger partial charge is 0.0180 e. The van der Waals surface area contributed by atoms with Crippen molar-refractivity contribution in [3.63, 3.8) is 0 Å². The molecule has 0 radical (unpaired) electrons. The molecule has 0 saturated heterocycles. The van der Waals surface area contributed by atoms with Crippen molar-refractivity contribution in [2.24, 2.45) is 0 Å². The molecule has 0 spiro atoms. The Balaban J connectivity index is 2.12. The molecule has 0 aliphatic rings. The summed E-state index contributed by atoms with van der Waals surface area (Å²) in [7, 11) is 1.46. The fourth-order valence-electron chi connectivity index (χ4n) is 1.40. The van der Waals surface area contributed by atoms with Crippen LogP contribution in [0.25, 0.3) is 12.2 Å². The summed E-state index contributed by atoms with van der Waals surface area (Å²) in [5.74, 6) is 0. The summed E-state index contributed by atoms with van der Waals surface area (Å²) in [5, 5.41) is 0. The Morgan fingerprint density at radius 1 is 0.750 bits per heavy atom. The Hall–Kier alpha value is -1.12. The lowest BCUT2D eigenvalue weighted by atomic mass is 10.1. The molecule has 0 unspecified atom stereocenters. The summed E-state index contributed by atoms with van der Waals surface area (Å²) in [4.78, 5) is 1.17. The monoisotopic (exact) mass is 244 g/mol. The number of thiol groups is 1. The van der Waals surface area contributed by atoms with E-state index in [-0.39, 0.29) is 0 Å². The molecular weight excluding hydrogens is 232 g/mol. The first kappa shape index (κ1) is 11.4. The van der Waals surface area contributed by atoms with Gasteiger partial charge in [0.1, 0.15) is 0 Å². The third-order valence-electron chi connectivity index (χ3n) is 2.25. The predicted octanol–water partition coefficient (Wildman–Crippen LogP) is 4.79. The fraction of sp³-hybridized carbons (Fsp3) is 0. The van der Waals surface area contributed by atoms with Crippen molar-refractivity contribution in [1.82, 2.24) is 0 Å². The molecule has 0 saturated carbocycles. The quantitative estimate of drug-likeness (QED) is 0.460. The van der Waals surface area contributed by atoms with Crippen LogP contribution in [0.5, 0.6) is 0 Å². The summed E-state index contributed by atoms with van der Waals surface area (Å²) < 4.78 is 0. The molecule has 16 heavy (non-hydrogen) atoms. The van der Waals surface area contributed by atoms with E-state index in [9.17, 15) is 0 Å². The highest BCUT2D eigenvalue weighted by atomic mass is 33.1. The maximum Gasteiger partial charge on any atom is 0.0180 e. The summed E-state index contributed by atoms with van der Waals surface area (Å²) in [5.41, 5.74) is 2.42. The molecule has 0 nitrogen and oxygen atoms in total. The molecule has 0 heterocycles. The van der Waals surface area contributed by atoms with Crippen LogP contribution in [-0.2, 0) is 0 Å². The maximum atomic E-state index is 4.15. The van der Waals surface area contributed by atoms with Gasteiger partial charge in [-0.05, 0) is 23.3 Å². The van der Waals surface area contributed by atoms with E-state index in [0.29, 0.717) is 0 Å². The molecule has 80 valence electrons. The SMILES string of the molecule is SSc1ccc(C=Cc2ccccc2)cc1. The van der Waals surface area contributed by atoms with E-state index < -0.39 is 0 Å². The summed E-state index contributed by atoms with van der Waals surface area (Å²) in [6.45, 7) is 0. The second kappa shape index (κ2) is 5.83. The van der Waals surface area contributed by atoms with Crippen molar-refractivity contribution >= 4 is 34.6 Å². The van der Waals surface area contributed by atoms with E-state index in [0.717, 1.165) is 0 Å². The van der Waals surface area contributed by atoms with E-state index >= 15 is 0 Å². The van der Waals surface area contributed by atoms with Gasteiger partial charge in [-0.15, -0.1) is 11.7 Å². The molecule has 0 aliphatic heterocycles. The maximum absolute atomic E-state index is 4.15. The van der Waals surface area contributed by atoms with E-state index in [4.69, 9.17) is 0 Å². The Morgan fingerprint density at radius 3 is 1.88 bits per heavy atom. The van der Waals surface area contributed by atoms with Gasteiger partial charge in [0.05, 0.1) is 0 Å². The Labute approximate surface area is 105 Å². The van der Waals surface area contributed by atoms with E-state index in [1.807, 2.05) is 18.2 Å². The average Bonchev–Trinajstić information content (AvgIpc) is 2.38. The van der Waals surface area contributed by atoms with Gasteiger partial charge < -0.3 is 0 Å². The van der Waals surface area contributed by atoms with Crippen LogP contribution in [0.1, 0.15) is 11.1 Å². The number of hydrogen-bond donors (Lipinski definition) is 1. The van der Waals surface area contributed by atoms with Gasteiger partial charge in [0, 0.05) is 4.90 Å². The largest absolute Gasteiger partial charge is 0.106 e. The van der Waals surface area contributed by atoms with Crippen LogP contribution in [-0.4, -0.2) is 0 Å². The summed E-state index contributed by atoms with van der Waals surface area (Å²) >= 11 is 4.15. The van der Waals surface area contributed by atoms with Gasteiger partial charge in [-0.2, -0.15) is 0 Å². The van der Waals surface area contributed by atoms with Gasteiger partial charge in [0.25, 0.3) is 0 Å². The third-order valence-corrected chi connectivity index (χ3v) is 3.37. The van der Waals surface area contributed by atoms with Crippen LogP contribution in [0.3, 0.4) is 0 Å². The van der Waals surface area contributed by atoms with Crippen molar-refractivity contribution < 1.29 is 0 Å². The summed E-state index contributed by atoms with van der Waals surface area (Å²) in [6.07, 6.45) is 4.23. The highest BCUT2D eigenvalue weighted by Gasteiger charge is 1.90. The van der Waals surface area contributed by atoms with Crippen LogP contribution in [0.2, 0.25) is 0 Å². The Kier molecular flexibility index (Phi) is 4.14. The minimum atomic E-state index is 1.17. The van der Waals surface area contributed by atoms with Crippen LogP contribution in [0.15, 0.2) is 59.5 Å². The van der Waals surface area contributed by atoms with Crippen molar-refractivity contribution in [2.75, 3.05) is 0 Å². The summed E-state index contributed by atoms with van der Waals surface area (Å²) in [6, 6.07) is 18.6. The third kappa shape index (κ3) is 3.19. The van der Waals surface area contributed by atoms with Gasteiger partial charge >= 0.3 is 0 Å². The minimum absolute atomic E-state index is 1.17. The fourth-order valence-corrected chi connectivity index (χ4v) is 2.02. The minimum Gasteiger partial charge on any atom is -0.106 e. The number of rotatable bonds is 3. The number of hydrogen-bond acceptors (Lipinski definition) is 2. The lowest BCUT2D eigenvalue weighted by Crippen LogP contribution is -1.73. The first-order chi connectivity index (χ1) is 7.88. The normalized spacial score (nSPS) is 10.8. The predicted molar refractivity (Wildman–Crippen MR) is 76.7 cm³/mol. The van der Waals surface area contributed by atoms with Gasteiger partial charge in [0.15, 0.2) is 0 Å². The molecule has 0 aliphatic carbocycles. The molecule has 0 fully saturated rings. The molecule has 0 amide bonds. The van der Waals surface area contributed by atoms with Gasteiger partial charge in [-0.3, -0.25) is 0 Å². The zero-order valence-electron chi connectivity index (χ0n) is 8.71. The average molecular weight is 244 g/mol. The van der Waals surface area contributed by atoms with Gasteiger partial charge in [-0.25, -0.2) is 0 Å². The van der Waals surface area contributed by atoms with Crippen molar-refractivity contribution in [1.29, 1.82) is 0 Å². The highest BCUT2D eigenvalue weighted by molar-refractivity contribution is 8.68. The van der Waals surface area contributed by atoms with Gasteiger partial charge in [0.2, 0.25) is 0 Å². The topological polar surface area (TPSA) is 0 Å². The lowest BCUT2D eigenvalue weighted by molar-refractivity contribution is 1.46. The first-order valence-corrected chi connectivity index (χ1v) is 6.90. The molecule has 2 rings (SSSR count). The first-order valence-electron chi connectivity index (χ1n) is 5.03. The van der Waals surface area contributed by atoms with E-state index in [2.05, 4.69) is 60.2 Å². The van der Waals surface area contributed by atoms with Crippen LogP contribution < -0.4 is 0 Å². The lowest BCUT2D eigenvalue weighted by Gasteiger charge is -1.96. The van der Waals surface area contributed by atoms with Crippen molar-refractivity contribution in [2.45, 2.75) is 4.90 Å². The molecule has 0 aromatic heterocycles. The van der Waals surface area contributed by atoms with Crippen molar-refractivity contribution in [3.8, 4) is 0 Å². The Bertz CT molecular complexity index is 458. The van der Waals surface area contributed by atoms with Crippen LogP contribution in [0.4, 0.5) is 0 Å². The molecule has 2 aromatic rings.